The molecule has 1 fully saturated rings. The third-order valence-electron chi connectivity index (χ3n) is 4.66. The summed E-state index contributed by atoms with van der Waals surface area (Å²) >= 11 is 0. The molecule has 0 unspecified atom stereocenters. The van der Waals surface area contributed by atoms with Gasteiger partial charge in [0.05, 0.1) is 18.4 Å². The molecule has 0 atom stereocenters. The molecule has 0 spiro atoms. The van der Waals surface area contributed by atoms with Gasteiger partial charge in [-0.25, -0.2) is 4.79 Å². The first-order chi connectivity index (χ1) is 13.9. The van der Waals surface area contributed by atoms with E-state index in [2.05, 4.69) is 5.32 Å². The summed E-state index contributed by atoms with van der Waals surface area (Å²) < 4.78 is 4.70. The largest absolute Gasteiger partial charge is 0.465 e. The molecule has 3 rings (SSSR count). The topological polar surface area (TPSA) is 96.0 Å². The standard InChI is InChI=1S/C21H21N3O5/c1-14-7-3-6-10-17(14)24-12-11-23(19(26)20(24)27)13-18(25)22-16-9-5-4-8-15(16)21(28)29-2/h3-10H,11-13H2,1-2H3,(H,22,25). The molecule has 150 valence electrons. The Bertz CT molecular complexity index is 972. The maximum absolute atomic E-state index is 12.6. The van der Waals surface area contributed by atoms with Gasteiger partial charge in [-0.1, -0.05) is 30.3 Å². The van der Waals surface area contributed by atoms with Gasteiger partial charge in [0.15, 0.2) is 0 Å². The number of piperazine rings is 1. The molecule has 2 aromatic carbocycles. The predicted octanol–water partition coefficient (Wildman–Crippen LogP) is 1.60. The van der Waals surface area contributed by atoms with Gasteiger partial charge in [0.25, 0.3) is 0 Å². The highest BCUT2D eigenvalue weighted by Crippen LogP contribution is 2.22. The van der Waals surface area contributed by atoms with Crippen LogP contribution in [-0.2, 0) is 19.1 Å². The molecule has 0 saturated carbocycles. The number of esters is 1. The molecule has 0 radical (unpaired) electrons. The Morgan fingerprint density at radius 3 is 2.41 bits per heavy atom. The fourth-order valence-electron chi connectivity index (χ4n) is 3.16. The second-order valence-corrected chi connectivity index (χ2v) is 6.56. The van der Waals surface area contributed by atoms with Gasteiger partial charge in [0.2, 0.25) is 5.91 Å². The number of amides is 3. The SMILES string of the molecule is COC(=O)c1ccccc1NC(=O)CN1CCN(c2ccccc2C)C(=O)C1=O. The van der Waals surface area contributed by atoms with Crippen LogP contribution in [0.3, 0.4) is 0 Å². The molecule has 0 bridgehead atoms. The van der Waals surface area contributed by atoms with Crippen LogP contribution in [-0.4, -0.2) is 55.3 Å². The van der Waals surface area contributed by atoms with Gasteiger partial charge >= 0.3 is 17.8 Å². The molecule has 1 N–H and O–H groups in total. The number of para-hydroxylation sites is 2. The van der Waals surface area contributed by atoms with E-state index in [1.54, 1.807) is 30.3 Å². The molecule has 29 heavy (non-hydrogen) atoms. The average Bonchev–Trinajstić information content (AvgIpc) is 2.72. The van der Waals surface area contributed by atoms with E-state index >= 15 is 0 Å². The molecule has 3 amide bonds. The Balaban J connectivity index is 1.67. The lowest BCUT2D eigenvalue weighted by atomic mass is 10.1. The van der Waals surface area contributed by atoms with Crippen molar-refractivity contribution in [3.8, 4) is 0 Å². The molecule has 0 aliphatic carbocycles. The zero-order valence-electron chi connectivity index (χ0n) is 16.2. The number of nitrogens with one attached hydrogen (secondary N) is 1. The van der Waals surface area contributed by atoms with Crippen molar-refractivity contribution in [3.63, 3.8) is 0 Å². The third-order valence-corrected chi connectivity index (χ3v) is 4.66. The Hall–Kier alpha value is -3.68. The zero-order chi connectivity index (χ0) is 21.0. The van der Waals surface area contributed by atoms with Crippen LogP contribution >= 0.6 is 0 Å². The molecule has 1 saturated heterocycles. The highest BCUT2D eigenvalue weighted by Gasteiger charge is 2.34. The van der Waals surface area contributed by atoms with E-state index in [4.69, 9.17) is 4.74 Å². The van der Waals surface area contributed by atoms with Crippen molar-refractivity contribution in [2.75, 3.05) is 37.0 Å². The Morgan fingerprint density at radius 2 is 1.69 bits per heavy atom. The van der Waals surface area contributed by atoms with E-state index in [1.165, 1.54) is 23.0 Å². The van der Waals surface area contributed by atoms with Crippen LogP contribution in [0.4, 0.5) is 11.4 Å². The summed E-state index contributed by atoms with van der Waals surface area (Å²) in [6.45, 7) is 2.10. The Labute approximate surface area is 168 Å². The summed E-state index contributed by atoms with van der Waals surface area (Å²) in [5.74, 6) is -2.50. The van der Waals surface area contributed by atoms with E-state index in [9.17, 15) is 19.2 Å². The number of hydrogen-bond acceptors (Lipinski definition) is 5. The van der Waals surface area contributed by atoms with Crippen LogP contribution in [0.5, 0.6) is 0 Å². The molecular formula is C21H21N3O5. The van der Waals surface area contributed by atoms with Crippen molar-refractivity contribution in [1.82, 2.24) is 4.90 Å². The molecule has 8 heteroatoms. The van der Waals surface area contributed by atoms with Gasteiger partial charge in [0.1, 0.15) is 6.54 Å². The molecular weight excluding hydrogens is 374 g/mol. The molecule has 1 aliphatic heterocycles. The van der Waals surface area contributed by atoms with E-state index in [0.717, 1.165) is 5.56 Å². The third kappa shape index (κ3) is 4.26. The van der Waals surface area contributed by atoms with Gasteiger partial charge in [-0.3, -0.25) is 14.4 Å². The number of methoxy groups -OCH3 is 1. The molecule has 0 aromatic heterocycles. The number of carbonyl (C=O) groups excluding carboxylic acids is 4. The lowest BCUT2D eigenvalue weighted by Gasteiger charge is -2.34. The highest BCUT2D eigenvalue weighted by molar-refractivity contribution is 6.41. The highest BCUT2D eigenvalue weighted by atomic mass is 16.5. The molecule has 1 aliphatic rings. The molecule has 1 heterocycles. The number of hydrogen-bond donors (Lipinski definition) is 1. The second-order valence-electron chi connectivity index (χ2n) is 6.56. The molecule has 8 nitrogen and oxygen atoms in total. The first kappa shape index (κ1) is 20.1. The number of rotatable bonds is 5. The van der Waals surface area contributed by atoms with Gasteiger partial charge in [-0.2, -0.15) is 0 Å². The summed E-state index contributed by atoms with van der Waals surface area (Å²) in [4.78, 5) is 51.9. The molecule has 2 aromatic rings. The number of aryl methyl sites for hydroxylation is 1. The van der Waals surface area contributed by atoms with E-state index in [0.29, 0.717) is 12.2 Å². The number of benzene rings is 2. The first-order valence-corrected chi connectivity index (χ1v) is 9.06. The van der Waals surface area contributed by atoms with Crippen LogP contribution < -0.4 is 10.2 Å². The van der Waals surface area contributed by atoms with Crippen LogP contribution in [0.2, 0.25) is 0 Å². The van der Waals surface area contributed by atoms with Crippen LogP contribution in [0.15, 0.2) is 48.5 Å². The number of carbonyl (C=O) groups is 4. The van der Waals surface area contributed by atoms with Gasteiger partial charge in [-0.05, 0) is 30.7 Å². The first-order valence-electron chi connectivity index (χ1n) is 9.06. The smallest absolute Gasteiger partial charge is 0.339 e. The van der Waals surface area contributed by atoms with Gasteiger partial charge in [0, 0.05) is 18.8 Å². The zero-order valence-corrected chi connectivity index (χ0v) is 16.2. The minimum absolute atomic E-state index is 0.204. The van der Waals surface area contributed by atoms with Gasteiger partial charge in [-0.15, -0.1) is 0 Å². The lowest BCUT2D eigenvalue weighted by Crippen LogP contribution is -2.56. The van der Waals surface area contributed by atoms with Crippen LogP contribution in [0.25, 0.3) is 0 Å². The van der Waals surface area contributed by atoms with Crippen LogP contribution in [0, 0.1) is 6.92 Å². The van der Waals surface area contributed by atoms with Crippen LogP contribution in [0.1, 0.15) is 15.9 Å². The summed E-state index contributed by atoms with van der Waals surface area (Å²) in [5.41, 5.74) is 2.05. The second kappa shape index (κ2) is 8.55. The number of ether oxygens (including phenoxy) is 1. The Morgan fingerprint density at radius 1 is 1.00 bits per heavy atom. The van der Waals surface area contributed by atoms with E-state index in [-0.39, 0.29) is 24.3 Å². The maximum atomic E-state index is 12.6. The Kier molecular flexibility index (Phi) is 5.92. The maximum Gasteiger partial charge on any atom is 0.339 e. The lowest BCUT2D eigenvalue weighted by molar-refractivity contribution is -0.147. The van der Waals surface area contributed by atoms with Crippen molar-refractivity contribution < 1.29 is 23.9 Å². The predicted molar refractivity (Wildman–Crippen MR) is 107 cm³/mol. The fraction of sp³-hybridized carbons (Fsp3) is 0.238. The normalized spacial score (nSPS) is 14.0. The summed E-state index contributed by atoms with van der Waals surface area (Å²) in [6.07, 6.45) is 0. The van der Waals surface area contributed by atoms with Crippen molar-refractivity contribution in [3.05, 3.63) is 59.7 Å². The fourth-order valence-corrected chi connectivity index (χ4v) is 3.16. The quantitative estimate of drug-likeness (QED) is 0.613. The minimum Gasteiger partial charge on any atom is -0.465 e. The monoisotopic (exact) mass is 395 g/mol. The number of anilines is 2. The van der Waals surface area contributed by atoms with Crippen molar-refractivity contribution in [2.45, 2.75) is 6.92 Å². The van der Waals surface area contributed by atoms with Crippen molar-refractivity contribution in [1.29, 1.82) is 0 Å². The number of nitrogens with zero attached hydrogens (tertiary/aromatic N) is 2. The van der Waals surface area contributed by atoms with Crippen molar-refractivity contribution >= 4 is 35.1 Å². The average molecular weight is 395 g/mol. The summed E-state index contributed by atoms with van der Waals surface area (Å²) in [6, 6.07) is 13.7. The van der Waals surface area contributed by atoms with Crippen molar-refractivity contribution in [2.24, 2.45) is 0 Å². The summed E-state index contributed by atoms with van der Waals surface area (Å²) in [7, 11) is 1.25. The van der Waals surface area contributed by atoms with E-state index in [1.807, 2.05) is 19.1 Å². The summed E-state index contributed by atoms with van der Waals surface area (Å²) in [5, 5.41) is 2.60. The van der Waals surface area contributed by atoms with E-state index < -0.39 is 23.7 Å². The minimum atomic E-state index is -0.740. The van der Waals surface area contributed by atoms with Gasteiger partial charge < -0.3 is 19.9 Å².